The van der Waals surface area contributed by atoms with E-state index in [0.29, 0.717) is 0 Å². The topological polar surface area (TPSA) is 18.5 Å². The zero-order valence-electron chi connectivity index (χ0n) is 12.2. The summed E-state index contributed by atoms with van der Waals surface area (Å²) in [6.07, 6.45) is 0. The van der Waals surface area contributed by atoms with E-state index in [9.17, 15) is 0 Å². The van der Waals surface area contributed by atoms with Crippen LogP contribution in [0.15, 0.2) is 48.5 Å². The van der Waals surface area contributed by atoms with E-state index in [2.05, 4.69) is 53.4 Å². The van der Waals surface area contributed by atoms with Crippen molar-refractivity contribution in [1.82, 2.24) is 0 Å². The van der Waals surface area contributed by atoms with Crippen molar-refractivity contribution in [2.75, 3.05) is 14.2 Å². The molecule has 2 rings (SSSR count). The van der Waals surface area contributed by atoms with Gasteiger partial charge in [-0.15, -0.1) is 0 Å². The molecule has 2 nitrogen and oxygen atoms in total. The zero-order chi connectivity index (χ0) is 16.2. The van der Waals surface area contributed by atoms with E-state index in [4.69, 9.17) is 9.47 Å². The quantitative estimate of drug-likeness (QED) is 0.648. The summed E-state index contributed by atoms with van der Waals surface area (Å²) in [6, 6.07) is 15.2. The van der Waals surface area contributed by atoms with Crippen LogP contribution >= 0.6 is 31.9 Å². The molecule has 112 valence electrons. The molecule has 0 saturated heterocycles. The lowest BCUT2D eigenvalue weighted by Gasteiger charge is -1.96. The molecule has 0 spiro atoms. The van der Waals surface area contributed by atoms with Gasteiger partial charge in [-0.2, -0.15) is 0 Å². The zero-order valence-corrected chi connectivity index (χ0v) is 15.4. The Morgan fingerprint density at radius 1 is 0.636 bits per heavy atom. The summed E-state index contributed by atoms with van der Waals surface area (Å²) in [5, 5.41) is 0. The standard InChI is InChI=1S/2C9H7BrO/c2*1-11-9-4-2-8(3-5-9)6-7-10/h2*2-5H,1H3. The number of ether oxygens (including phenoxy) is 2. The number of methoxy groups -OCH3 is 2. The van der Waals surface area contributed by atoms with Gasteiger partial charge < -0.3 is 9.47 Å². The van der Waals surface area contributed by atoms with Crippen molar-refractivity contribution in [2.24, 2.45) is 0 Å². The van der Waals surface area contributed by atoms with E-state index in [1.807, 2.05) is 48.5 Å². The molecule has 0 aromatic heterocycles. The molecule has 0 fully saturated rings. The predicted octanol–water partition coefficient (Wildman–Crippen LogP) is 4.80. The Morgan fingerprint density at radius 3 is 1.18 bits per heavy atom. The maximum absolute atomic E-state index is 4.99. The van der Waals surface area contributed by atoms with Gasteiger partial charge in [0.2, 0.25) is 0 Å². The lowest BCUT2D eigenvalue weighted by atomic mass is 10.2. The van der Waals surface area contributed by atoms with Crippen molar-refractivity contribution in [2.45, 2.75) is 0 Å². The first-order valence-corrected chi connectivity index (χ1v) is 7.83. The highest BCUT2D eigenvalue weighted by molar-refractivity contribution is 9.12. The van der Waals surface area contributed by atoms with Crippen LogP contribution in [0, 0.1) is 21.5 Å². The molecule has 0 unspecified atom stereocenters. The minimum absolute atomic E-state index is 0.852. The van der Waals surface area contributed by atoms with Gasteiger partial charge >= 0.3 is 0 Å². The van der Waals surface area contributed by atoms with E-state index >= 15 is 0 Å². The van der Waals surface area contributed by atoms with Crippen LogP contribution in [0.4, 0.5) is 0 Å². The summed E-state index contributed by atoms with van der Waals surface area (Å²) in [6.45, 7) is 0. The highest BCUT2D eigenvalue weighted by atomic mass is 79.9. The summed E-state index contributed by atoms with van der Waals surface area (Å²) < 4.78 is 9.97. The van der Waals surface area contributed by atoms with Crippen LogP contribution < -0.4 is 9.47 Å². The largest absolute Gasteiger partial charge is 0.497 e. The molecule has 0 N–H and O–H groups in total. The van der Waals surface area contributed by atoms with Crippen molar-refractivity contribution < 1.29 is 9.47 Å². The van der Waals surface area contributed by atoms with Gasteiger partial charge in [0.25, 0.3) is 0 Å². The Kier molecular flexibility index (Phi) is 8.91. The molecule has 22 heavy (non-hydrogen) atoms. The third-order valence-electron chi connectivity index (χ3n) is 2.56. The Hall–Kier alpha value is -1.88. The number of halogens is 2. The summed E-state index contributed by atoms with van der Waals surface area (Å²) in [5.74, 6) is 7.44. The fraction of sp³-hybridized carbons (Fsp3) is 0.111. The molecule has 0 amide bonds. The van der Waals surface area contributed by atoms with Gasteiger partial charge in [-0.05, 0) is 58.2 Å². The molecular formula is C18H14Br2O2. The number of hydrogen-bond acceptors (Lipinski definition) is 2. The highest BCUT2D eigenvalue weighted by Crippen LogP contribution is 2.10. The first kappa shape index (κ1) is 18.2. The molecule has 2 aromatic carbocycles. The van der Waals surface area contributed by atoms with Gasteiger partial charge in [0.1, 0.15) is 11.5 Å². The van der Waals surface area contributed by atoms with E-state index < -0.39 is 0 Å². The minimum Gasteiger partial charge on any atom is -0.497 e. The average Bonchev–Trinajstić information content (AvgIpc) is 2.57. The van der Waals surface area contributed by atoms with Crippen LogP contribution in [-0.2, 0) is 0 Å². The molecular weight excluding hydrogens is 408 g/mol. The van der Waals surface area contributed by atoms with Crippen LogP contribution in [0.3, 0.4) is 0 Å². The van der Waals surface area contributed by atoms with Gasteiger partial charge in [0.05, 0.1) is 14.2 Å². The van der Waals surface area contributed by atoms with Gasteiger partial charge in [-0.3, -0.25) is 0 Å². The third kappa shape index (κ3) is 6.72. The monoisotopic (exact) mass is 420 g/mol. The first-order chi connectivity index (χ1) is 10.7. The summed E-state index contributed by atoms with van der Waals surface area (Å²) >= 11 is 6.06. The maximum Gasteiger partial charge on any atom is 0.118 e. The van der Waals surface area contributed by atoms with E-state index in [-0.39, 0.29) is 0 Å². The molecule has 0 bridgehead atoms. The van der Waals surface area contributed by atoms with Crippen molar-refractivity contribution in [3.63, 3.8) is 0 Å². The van der Waals surface area contributed by atoms with Gasteiger partial charge in [-0.25, -0.2) is 0 Å². The second-order valence-corrected chi connectivity index (χ2v) is 4.69. The van der Waals surface area contributed by atoms with Gasteiger partial charge in [0, 0.05) is 43.0 Å². The molecule has 0 aliphatic heterocycles. The molecule has 4 heteroatoms. The fourth-order valence-electron chi connectivity index (χ4n) is 1.46. The van der Waals surface area contributed by atoms with Gasteiger partial charge in [-0.1, -0.05) is 11.8 Å². The lowest BCUT2D eigenvalue weighted by molar-refractivity contribution is 0.414. The van der Waals surface area contributed by atoms with Gasteiger partial charge in [0.15, 0.2) is 0 Å². The normalized spacial score (nSPS) is 8.18. The van der Waals surface area contributed by atoms with E-state index in [0.717, 1.165) is 22.6 Å². The van der Waals surface area contributed by atoms with Crippen LogP contribution in [0.2, 0.25) is 0 Å². The summed E-state index contributed by atoms with van der Waals surface area (Å²) in [4.78, 5) is 5.29. The van der Waals surface area contributed by atoms with Crippen molar-refractivity contribution in [3.05, 3.63) is 59.7 Å². The SMILES string of the molecule is COc1ccc(C#CBr)cc1.COc1ccc(C#CBr)cc1. The van der Waals surface area contributed by atoms with Crippen molar-refractivity contribution >= 4 is 31.9 Å². The maximum atomic E-state index is 4.99. The number of hydrogen-bond donors (Lipinski definition) is 0. The molecule has 0 heterocycles. The fourth-order valence-corrected chi connectivity index (χ4v) is 1.92. The van der Waals surface area contributed by atoms with E-state index in [1.165, 1.54) is 0 Å². The smallest absolute Gasteiger partial charge is 0.118 e. The predicted molar refractivity (Wildman–Crippen MR) is 97.6 cm³/mol. The lowest BCUT2D eigenvalue weighted by Crippen LogP contribution is -1.81. The van der Waals surface area contributed by atoms with Crippen molar-refractivity contribution in [1.29, 1.82) is 0 Å². The minimum atomic E-state index is 0.852. The van der Waals surface area contributed by atoms with Crippen LogP contribution in [-0.4, -0.2) is 14.2 Å². The van der Waals surface area contributed by atoms with Crippen LogP contribution in [0.5, 0.6) is 11.5 Å². The molecule has 0 radical (unpaired) electrons. The van der Waals surface area contributed by atoms with Crippen molar-refractivity contribution in [3.8, 4) is 33.0 Å². The Labute approximate surface area is 148 Å². The highest BCUT2D eigenvalue weighted by Gasteiger charge is 1.89. The Balaban J connectivity index is 0.000000220. The average molecular weight is 422 g/mol. The second kappa shape index (κ2) is 10.8. The Bertz CT molecular complexity index is 621. The third-order valence-corrected chi connectivity index (χ3v) is 2.96. The Morgan fingerprint density at radius 2 is 0.955 bits per heavy atom. The van der Waals surface area contributed by atoms with Crippen LogP contribution in [0.1, 0.15) is 11.1 Å². The molecule has 0 aliphatic carbocycles. The second-order valence-electron chi connectivity index (χ2n) is 3.90. The summed E-state index contributed by atoms with van der Waals surface area (Å²) in [7, 11) is 3.29. The molecule has 0 atom stereocenters. The number of benzene rings is 2. The molecule has 0 aliphatic rings. The molecule has 0 saturated carbocycles. The number of rotatable bonds is 2. The van der Waals surface area contributed by atoms with Crippen LogP contribution in [0.25, 0.3) is 0 Å². The molecule has 2 aromatic rings. The van der Waals surface area contributed by atoms with E-state index in [1.54, 1.807) is 14.2 Å². The summed E-state index contributed by atoms with van der Waals surface area (Å²) in [5.41, 5.74) is 1.95. The first-order valence-electron chi connectivity index (χ1n) is 6.25.